The summed E-state index contributed by atoms with van der Waals surface area (Å²) in [5.74, 6) is 6.43. The second-order valence-electron chi connectivity index (χ2n) is 3.40. The Morgan fingerprint density at radius 1 is 1.36 bits per heavy atom. The Morgan fingerprint density at radius 3 is 2.50 bits per heavy atom. The molecule has 3 heteroatoms. The smallest absolute Gasteiger partial charge is 0.0302 e. The lowest BCUT2D eigenvalue weighted by Crippen LogP contribution is -2.36. The quantitative estimate of drug-likeness (QED) is 0.445. The normalized spacial score (nSPS) is 12.8. The first-order chi connectivity index (χ1) is 6.76. The van der Waals surface area contributed by atoms with Gasteiger partial charge in [-0.1, -0.05) is 24.6 Å². The number of rotatable bonds is 5. The molecule has 0 aliphatic rings. The van der Waals surface area contributed by atoms with Crippen molar-refractivity contribution in [2.24, 2.45) is 5.84 Å². The van der Waals surface area contributed by atoms with Gasteiger partial charge in [0.2, 0.25) is 0 Å². The first-order valence-corrected chi connectivity index (χ1v) is 5.90. The number of nitrogens with one attached hydrogen (secondary N) is 1. The summed E-state index contributed by atoms with van der Waals surface area (Å²) in [4.78, 5) is 1.31. The van der Waals surface area contributed by atoms with E-state index in [1.807, 2.05) is 11.8 Å². The van der Waals surface area contributed by atoms with E-state index in [2.05, 4.69) is 43.5 Å². The van der Waals surface area contributed by atoms with Crippen molar-refractivity contribution >= 4 is 11.8 Å². The van der Waals surface area contributed by atoms with Crippen LogP contribution in [0.3, 0.4) is 0 Å². The summed E-state index contributed by atoms with van der Waals surface area (Å²) in [5, 5.41) is 0. The Kier molecular flexibility index (Phi) is 5.01. The van der Waals surface area contributed by atoms with Gasteiger partial charge in [0.25, 0.3) is 0 Å². The zero-order valence-electron chi connectivity index (χ0n) is 8.79. The summed E-state index contributed by atoms with van der Waals surface area (Å²) in [5.41, 5.74) is 4.12. The number of hydrogen-bond acceptors (Lipinski definition) is 3. The SMILES string of the molecule is CCC(CSc1ccc(C)cc1)NN. The third-order valence-electron chi connectivity index (χ3n) is 2.20. The zero-order valence-corrected chi connectivity index (χ0v) is 9.60. The van der Waals surface area contributed by atoms with Crippen molar-refractivity contribution < 1.29 is 0 Å². The van der Waals surface area contributed by atoms with Crippen LogP contribution >= 0.6 is 11.8 Å². The van der Waals surface area contributed by atoms with Gasteiger partial charge in [-0.3, -0.25) is 11.3 Å². The van der Waals surface area contributed by atoms with Crippen LogP contribution in [-0.4, -0.2) is 11.8 Å². The molecule has 78 valence electrons. The third kappa shape index (κ3) is 3.70. The summed E-state index contributed by atoms with van der Waals surface area (Å²) in [6.07, 6.45) is 1.06. The molecule has 1 atom stereocenters. The van der Waals surface area contributed by atoms with E-state index in [9.17, 15) is 0 Å². The summed E-state index contributed by atoms with van der Waals surface area (Å²) >= 11 is 1.84. The Hall–Kier alpha value is -0.510. The van der Waals surface area contributed by atoms with E-state index in [1.165, 1.54) is 10.5 Å². The summed E-state index contributed by atoms with van der Waals surface area (Å²) in [6, 6.07) is 8.99. The molecule has 1 rings (SSSR count). The maximum atomic E-state index is 5.41. The third-order valence-corrected chi connectivity index (χ3v) is 3.38. The number of thioether (sulfide) groups is 1. The lowest BCUT2D eigenvalue weighted by atomic mass is 10.2. The molecular weight excluding hydrogens is 192 g/mol. The van der Waals surface area contributed by atoms with Crippen LogP contribution in [0.25, 0.3) is 0 Å². The predicted molar refractivity (Wildman–Crippen MR) is 63.3 cm³/mol. The Morgan fingerprint density at radius 2 is 2.00 bits per heavy atom. The van der Waals surface area contributed by atoms with E-state index in [0.717, 1.165) is 12.2 Å². The van der Waals surface area contributed by atoms with Crippen LogP contribution in [0.15, 0.2) is 29.2 Å². The fourth-order valence-electron chi connectivity index (χ4n) is 1.12. The van der Waals surface area contributed by atoms with E-state index < -0.39 is 0 Å². The van der Waals surface area contributed by atoms with Crippen molar-refractivity contribution in [3.05, 3.63) is 29.8 Å². The van der Waals surface area contributed by atoms with Gasteiger partial charge in [-0.15, -0.1) is 11.8 Å². The average molecular weight is 210 g/mol. The van der Waals surface area contributed by atoms with E-state index >= 15 is 0 Å². The number of nitrogens with two attached hydrogens (primary N) is 1. The molecule has 2 nitrogen and oxygen atoms in total. The Balaban J connectivity index is 2.41. The molecule has 1 unspecified atom stereocenters. The molecule has 0 spiro atoms. The van der Waals surface area contributed by atoms with Gasteiger partial charge >= 0.3 is 0 Å². The molecule has 0 amide bonds. The molecule has 0 radical (unpaired) electrons. The predicted octanol–water partition coefficient (Wildman–Crippen LogP) is 2.33. The van der Waals surface area contributed by atoms with Crippen LogP contribution < -0.4 is 11.3 Å². The van der Waals surface area contributed by atoms with E-state index in [4.69, 9.17) is 5.84 Å². The van der Waals surface area contributed by atoms with E-state index in [0.29, 0.717) is 6.04 Å². The van der Waals surface area contributed by atoms with Gasteiger partial charge in [0.15, 0.2) is 0 Å². The molecule has 1 aromatic carbocycles. The van der Waals surface area contributed by atoms with Crippen molar-refractivity contribution in [2.45, 2.75) is 31.2 Å². The van der Waals surface area contributed by atoms with Gasteiger partial charge in [-0.2, -0.15) is 0 Å². The second kappa shape index (κ2) is 6.06. The highest BCUT2D eigenvalue weighted by atomic mass is 32.2. The Bertz CT molecular complexity index is 254. The van der Waals surface area contributed by atoms with Gasteiger partial charge in [-0.05, 0) is 25.5 Å². The van der Waals surface area contributed by atoms with Crippen molar-refractivity contribution in [3.63, 3.8) is 0 Å². The maximum Gasteiger partial charge on any atom is 0.0302 e. The van der Waals surface area contributed by atoms with Gasteiger partial charge in [-0.25, -0.2) is 0 Å². The Labute approximate surface area is 90.2 Å². The van der Waals surface area contributed by atoms with Crippen LogP contribution in [0.4, 0.5) is 0 Å². The first kappa shape index (κ1) is 11.6. The summed E-state index contributed by atoms with van der Waals surface area (Å²) in [6.45, 7) is 4.24. The number of hydrazine groups is 1. The van der Waals surface area contributed by atoms with Crippen LogP contribution in [0.2, 0.25) is 0 Å². The molecule has 0 aliphatic heterocycles. The number of benzene rings is 1. The van der Waals surface area contributed by atoms with Crippen LogP contribution in [0.1, 0.15) is 18.9 Å². The van der Waals surface area contributed by atoms with Crippen LogP contribution in [-0.2, 0) is 0 Å². The molecule has 0 heterocycles. The van der Waals surface area contributed by atoms with Gasteiger partial charge in [0.05, 0.1) is 0 Å². The van der Waals surface area contributed by atoms with Gasteiger partial charge in [0.1, 0.15) is 0 Å². The van der Waals surface area contributed by atoms with Gasteiger partial charge < -0.3 is 0 Å². The summed E-state index contributed by atoms with van der Waals surface area (Å²) < 4.78 is 0. The molecule has 0 saturated heterocycles. The van der Waals surface area contributed by atoms with Gasteiger partial charge in [0, 0.05) is 16.7 Å². The lowest BCUT2D eigenvalue weighted by molar-refractivity contribution is 0.562. The topological polar surface area (TPSA) is 38.0 Å². The van der Waals surface area contributed by atoms with Crippen molar-refractivity contribution in [1.29, 1.82) is 0 Å². The minimum Gasteiger partial charge on any atom is -0.271 e. The van der Waals surface area contributed by atoms with Crippen molar-refractivity contribution in [2.75, 3.05) is 5.75 Å². The standard InChI is InChI=1S/C11H18N2S/c1-3-10(13-12)8-14-11-6-4-9(2)5-7-11/h4-7,10,13H,3,8,12H2,1-2H3. The highest BCUT2D eigenvalue weighted by Crippen LogP contribution is 2.19. The minimum absolute atomic E-state index is 0.404. The van der Waals surface area contributed by atoms with Crippen LogP contribution in [0.5, 0.6) is 0 Å². The largest absolute Gasteiger partial charge is 0.271 e. The highest BCUT2D eigenvalue weighted by molar-refractivity contribution is 7.99. The molecule has 1 aromatic rings. The monoisotopic (exact) mass is 210 g/mol. The van der Waals surface area contributed by atoms with Crippen LogP contribution in [0, 0.1) is 6.92 Å². The first-order valence-electron chi connectivity index (χ1n) is 4.92. The van der Waals surface area contributed by atoms with E-state index in [1.54, 1.807) is 0 Å². The molecule has 0 saturated carbocycles. The fourth-order valence-corrected chi connectivity index (χ4v) is 2.17. The number of hydrogen-bond donors (Lipinski definition) is 2. The lowest BCUT2D eigenvalue weighted by Gasteiger charge is -2.12. The molecule has 0 bridgehead atoms. The molecule has 0 aromatic heterocycles. The minimum atomic E-state index is 0.404. The van der Waals surface area contributed by atoms with E-state index in [-0.39, 0.29) is 0 Å². The van der Waals surface area contributed by atoms with Crippen molar-refractivity contribution in [1.82, 2.24) is 5.43 Å². The van der Waals surface area contributed by atoms with Crippen molar-refractivity contribution in [3.8, 4) is 0 Å². The summed E-state index contributed by atoms with van der Waals surface area (Å²) in [7, 11) is 0. The maximum absolute atomic E-state index is 5.41. The molecule has 14 heavy (non-hydrogen) atoms. The zero-order chi connectivity index (χ0) is 10.4. The second-order valence-corrected chi connectivity index (χ2v) is 4.49. The molecule has 0 fully saturated rings. The molecule has 0 aliphatic carbocycles. The highest BCUT2D eigenvalue weighted by Gasteiger charge is 2.03. The molecular formula is C11H18N2S. The average Bonchev–Trinajstić information content (AvgIpc) is 2.22. The molecule has 3 N–H and O–H groups in total. The fraction of sp³-hybridized carbons (Fsp3) is 0.455. The number of aryl methyl sites for hydroxylation is 1.